The van der Waals surface area contributed by atoms with Crippen molar-refractivity contribution in [2.24, 2.45) is 0 Å². The minimum Gasteiger partial charge on any atom is -0.497 e. The lowest BCUT2D eigenvalue weighted by molar-refractivity contribution is -0.133. The molecule has 1 aliphatic rings. The number of benzene rings is 3. The van der Waals surface area contributed by atoms with Crippen LogP contribution in [0.3, 0.4) is 0 Å². The zero-order chi connectivity index (χ0) is 26.4. The Balaban J connectivity index is 1.30. The molecule has 37 heavy (non-hydrogen) atoms. The van der Waals surface area contributed by atoms with Gasteiger partial charge < -0.3 is 24.0 Å². The number of ether oxygens (including phenoxy) is 3. The molecule has 0 aromatic heterocycles. The fourth-order valence-corrected chi connectivity index (χ4v) is 5.26. The minimum absolute atomic E-state index is 0.0263. The summed E-state index contributed by atoms with van der Waals surface area (Å²) in [5.74, 6) is 1.48. The maximum absolute atomic E-state index is 12.7. The number of nitrogens with one attached hydrogen (secondary N) is 1. The Morgan fingerprint density at radius 2 is 1.49 bits per heavy atom. The van der Waals surface area contributed by atoms with E-state index in [1.807, 2.05) is 24.3 Å². The van der Waals surface area contributed by atoms with Gasteiger partial charge in [-0.3, -0.25) is 9.52 Å². The van der Waals surface area contributed by atoms with Crippen molar-refractivity contribution >= 4 is 38.9 Å². The molecule has 0 saturated carbocycles. The molecule has 1 amide bonds. The number of sulfonamides is 1. The Bertz CT molecular complexity index is 1330. The second-order valence-electron chi connectivity index (χ2n) is 8.28. The molecule has 9 nitrogen and oxygen atoms in total. The highest BCUT2D eigenvalue weighted by molar-refractivity contribution is 7.92. The number of rotatable bonds is 9. The fraction of sp³-hybridized carbons (Fsp3) is 0.269. The minimum atomic E-state index is -3.87. The highest BCUT2D eigenvalue weighted by Crippen LogP contribution is 2.29. The predicted molar refractivity (Wildman–Crippen MR) is 143 cm³/mol. The molecule has 1 N–H and O–H groups in total. The van der Waals surface area contributed by atoms with E-state index in [2.05, 4.69) is 9.62 Å². The van der Waals surface area contributed by atoms with Gasteiger partial charge in [0.2, 0.25) is 0 Å². The summed E-state index contributed by atoms with van der Waals surface area (Å²) in [5.41, 5.74) is 1.46. The Morgan fingerprint density at radius 1 is 0.892 bits per heavy atom. The van der Waals surface area contributed by atoms with Gasteiger partial charge in [0, 0.05) is 37.6 Å². The van der Waals surface area contributed by atoms with Crippen LogP contribution < -0.4 is 23.8 Å². The van der Waals surface area contributed by atoms with Crippen LogP contribution in [0, 0.1) is 0 Å². The van der Waals surface area contributed by atoms with Gasteiger partial charge in [-0.25, -0.2) is 8.42 Å². The summed E-state index contributed by atoms with van der Waals surface area (Å²) < 4.78 is 43.9. The summed E-state index contributed by atoms with van der Waals surface area (Å²) in [5, 5.41) is 0.0923. The largest absolute Gasteiger partial charge is 0.497 e. The zero-order valence-corrected chi connectivity index (χ0v) is 22.1. The third kappa shape index (κ3) is 6.58. The van der Waals surface area contributed by atoms with Gasteiger partial charge in [-0.05, 0) is 66.7 Å². The van der Waals surface area contributed by atoms with E-state index in [-0.39, 0.29) is 28.2 Å². The number of nitrogens with zero attached hydrogens (tertiary/aromatic N) is 2. The van der Waals surface area contributed by atoms with Crippen LogP contribution in [0.4, 0.5) is 11.4 Å². The van der Waals surface area contributed by atoms with E-state index in [1.54, 1.807) is 36.3 Å². The van der Waals surface area contributed by atoms with Crippen molar-refractivity contribution in [2.75, 3.05) is 56.6 Å². The number of hydrogen-bond acceptors (Lipinski definition) is 7. The first-order valence-corrected chi connectivity index (χ1v) is 13.4. The summed E-state index contributed by atoms with van der Waals surface area (Å²) in [6.07, 6.45) is 0. The average Bonchev–Trinajstić information content (AvgIpc) is 2.92. The van der Waals surface area contributed by atoms with Crippen molar-refractivity contribution in [3.05, 3.63) is 71.8 Å². The normalized spacial score (nSPS) is 13.7. The molecule has 1 heterocycles. The molecule has 1 aliphatic heterocycles. The van der Waals surface area contributed by atoms with E-state index in [0.29, 0.717) is 37.6 Å². The number of amides is 1. The van der Waals surface area contributed by atoms with Crippen molar-refractivity contribution in [2.45, 2.75) is 4.90 Å². The number of halogens is 1. The molecule has 0 unspecified atom stereocenters. The highest BCUT2D eigenvalue weighted by atomic mass is 35.5. The van der Waals surface area contributed by atoms with Crippen LogP contribution in [0.25, 0.3) is 0 Å². The number of carbonyl (C=O) groups is 1. The Morgan fingerprint density at radius 3 is 2.05 bits per heavy atom. The first-order chi connectivity index (χ1) is 17.8. The van der Waals surface area contributed by atoms with Gasteiger partial charge >= 0.3 is 0 Å². The lowest BCUT2D eigenvalue weighted by Crippen LogP contribution is -2.50. The van der Waals surface area contributed by atoms with Gasteiger partial charge in [-0.1, -0.05) is 11.6 Å². The molecule has 0 aliphatic carbocycles. The monoisotopic (exact) mass is 545 g/mol. The quantitative estimate of drug-likeness (QED) is 0.436. The molecule has 1 fully saturated rings. The molecule has 11 heteroatoms. The summed E-state index contributed by atoms with van der Waals surface area (Å²) in [7, 11) is -0.709. The Kier molecular flexibility index (Phi) is 8.30. The number of carbonyl (C=O) groups excluding carboxylic acids is 1. The third-order valence-electron chi connectivity index (χ3n) is 5.98. The number of anilines is 2. The Hall–Kier alpha value is -3.63. The molecular weight excluding hydrogens is 518 g/mol. The van der Waals surface area contributed by atoms with Gasteiger partial charge in [0.1, 0.15) is 17.2 Å². The molecule has 0 bridgehead atoms. The molecular formula is C26H28ClN3O6S. The topological polar surface area (TPSA) is 97.4 Å². The molecule has 0 spiro atoms. The molecule has 196 valence electrons. The van der Waals surface area contributed by atoms with Crippen molar-refractivity contribution < 1.29 is 27.4 Å². The number of piperazine rings is 1. The summed E-state index contributed by atoms with van der Waals surface area (Å²) >= 11 is 6.28. The van der Waals surface area contributed by atoms with Gasteiger partial charge in [0.25, 0.3) is 15.9 Å². The van der Waals surface area contributed by atoms with Crippen LogP contribution in [0.2, 0.25) is 5.02 Å². The zero-order valence-electron chi connectivity index (χ0n) is 20.5. The van der Waals surface area contributed by atoms with E-state index in [0.717, 1.165) is 11.4 Å². The van der Waals surface area contributed by atoms with Crippen LogP contribution in [-0.4, -0.2) is 66.2 Å². The lowest BCUT2D eigenvalue weighted by atomic mass is 10.2. The van der Waals surface area contributed by atoms with Crippen LogP contribution in [0.1, 0.15) is 0 Å². The average molecular weight is 546 g/mol. The standard InChI is InChI=1S/C26H28ClN3O6S/c1-34-21-7-3-19(4-8-21)28-37(32,33)23-11-12-25(24(27)17-23)36-18-26(31)30-15-13-29(14-16-30)20-5-9-22(35-2)10-6-20/h3-12,17,28H,13-16,18H2,1-2H3. The third-order valence-corrected chi connectivity index (χ3v) is 7.65. The summed E-state index contributed by atoms with van der Waals surface area (Å²) in [4.78, 5) is 16.6. The van der Waals surface area contributed by atoms with Crippen molar-refractivity contribution in [3.8, 4) is 17.2 Å². The highest BCUT2D eigenvalue weighted by Gasteiger charge is 2.22. The van der Waals surface area contributed by atoms with Crippen molar-refractivity contribution in [1.29, 1.82) is 0 Å². The first-order valence-electron chi connectivity index (χ1n) is 11.5. The van der Waals surface area contributed by atoms with Crippen molar-refractivity contribution in [1.82, 2.24) is 4.90 Å². The molecule has 0 radical (unpaired) electrons. The number of methoxy groups -OCH3 is 2. The summed E-state index contributed by atoms with van der Waals surface area (Å²) in [6.45, 7) is 2.34. The fourth-order valence-electron chi connectivity index (χ4n) is 3.88. The maximum Gasteiger partial charge on any atom is 0.261 e. The summed E-state index contributed by atoms with van der Waals surface area (Å²) in [6, 6.07) is 18.4. The molecule has 0 atom stereocenters. The van der Waals surface area contributed by atoms with Crippen LogP contribution >= 0.6 is 11.6 Å². The van der Waals surface area contributed by atoms with Gasteiger partial charge in [-0.2, -0.15) is 0 Å². The maximum atomic E-state index is 12.7. The molecule has 4 rings (SSSR count). The molecule has 1 saturated heterocycles. The smallest absolute Gasteiger partial charge is 0.261 e. The predicted octanol–water partition coefficient (Wildman–Crippen LogP) is 3.89. The van der Waals surface area contributed by atoms with E-state index in [1.165, 1.54) is 25.3 Å². The van der Waals surface area contributed by atoms with E-state index in [4.69, 9.17) is 25.8 Å². The van der Waals surface area contributed by atoms with Crippen LogP contribution in [0.5, 0.6) is 17.2 Å². The van der Waals surface area contributed by atoms with E-state index >= 15 is 0 Å². The van der Waals surface area contributed by atoms with Crippen LogP contribution in [-0.2, 0) is 14.8 Å². The first kappa shape index (κ1) is 26.4. The van der Waals surface area contributed by atoms with Gasteiger partial charge in [0.05, 0.1) is 24.1 Å². The Labute approximate surface area is 221 Å². The lowest BCUT2D eigenvalue weighted by Gasteiger charge is -2.36. The number of hydrogen-bond donors (Lipinski definition) is 1. The van der Waals surface area contributed by atoms with Crippen molar-refractivity contribution in [3.63, 3.8) is 0 Å². The van der Waals surface area contributed by atoms with E-state index < -0.39 is 10.0 Å². The van der Waals surface area contributed by atoms with E-state index in [9.17, 15) is 13.2 Å². The second kappa shape index (κ2) is 11.6. The van der Waals surface area contributed by atoms with Gasteiger partial charge in [0.15, 0.2) is 6.61 Å². The SMILES string of the molecule is COc1ccc(NS(=O)(=O)c2ccc(OCC(=O)N3CCN(c4ccc(OC)cc4)CC3)c(Cl)c2)cc1. The second-order valence-corrected chi connectivity index (χ2v) is 10.4. The van der Waals surface area contributed by atoms with Crippen LogP contribution in [0.15, 0.2) is 71.6 Å². The molecule has 3 aromatic carbocycles. The molecule has 3 aromatic rings. The van der Waals surface area contributed by atoms with Gasteiger partial charge in [-0.15, -0.1) is 0 Å².